The first kappa shape index (κ1) is 21.1. The Labute approximate surface area is 186 Å². The number of halogens is 2. The average Bonchev–Trinajstić information content (AvgIpc) is 3.28. The number of imide groups is 1. The standard InChI is InChI=1S/C25H27F2N3O2/c26-17-3-6-19(7-4-17)30-22-8-5-18(27)15-20(22)21-16-28(14-11-23(21)30)12-1-2-13-29-24(31)9-10-25(29)32/h3-8,15,21,23H,1-2,9-14,16H2/t21-,23+/m0/s1. The summed E-state index contributed by atoms with van der Waals surface area (Å²) in [4.78, 5) is 29.5. The largest absolute Gasteiger partial charge is 0.337 e. The molecule has 2 fully saturated rings. The van der Waals surface area contributed by atoms with E-state index in [4.69, 9.17) is 0 Å². The first-order valence-electron chi connectivity index (χ1n) is 11.4. The number of hydrogen-bond donors (Lipinski definition) is 0. The number of rotatable bonds is 6. The number of carbonyl (C=O) groups excluding carboxylic acids is 2. The molecule has 7 heteroatoms. The molecule has 2 atom stereocenters. The number of likely N-dealkylation sites (tertiary alicyclic amines) is 2. The third-order valence-corrected chi connectivity index (χ3v) is 7.01. The maximum atomic E-state index is 14.1. The summed E-state index contributed by atoms with van der Waals surface area (Å²) in [6.07, 6.45) is 3.33. The average molecular weight is 440 g/mol. The molecule has 2 aromatic carbocycles. The zero-order valence-corrected chi connectivity index (χ0v) is 18.0. The van der Waals surface area contributed by atoms with Crippen molar-refractivity contribution < 1.29 is 18.4 Å². The van der Waals surface area contributed by atoms with E-state index >= 15 is 0 Å². The Morgan fingerprint density at radius 3 is 2.31 bits per heavy atom. The van der Waals surface area contributed by atoms with Gasteiger partial charge in [0, 0.05) is 55.8 Å². The lowest BCUT2D eigenvalue weighted by molar-refractivity contribution is -0.138. The van der Waals surface area contributed by atoms with Gasteiger partial charge in [0.1, 0.15) is 11.6 Å². The van der Waals surface area contributed by atoms with E-state index in [1.54, 1.807) is 18.2 Å². The molecule has 2 saturated heterocycles. The molecule has 0 radical (unpaired) electrons. The van der Waals surface area contributed by atoms with Gasteiger partial charge in [0.15, 0.2) is 0 Å². The monoisotopic (exact) mass is 439 g/mol. The van der Waals surface area contributed by atoms with Gasteiger partial charge >= 0.3 is 0 Å². The number of fused-ring (bicyclic) bond motifs is 3. The van der Waals surface area contributed by atoms with Gasteiger partial charge in [-0.15, -0.1) is 0 Å². The van der Waals surface area contributed by atoms with Gasteiger partial charge in [0.2, 0.25) is 11.8 Å². The van der Waals surface area contributed by atoms with Crippen LogP contribution in [0.3, 0.4) is 0 Å². The van der Waals surface area contributed by atoms with Crippen molar-refractivity contribution in [2.24, 2.45) is 0 Å². The van der Waals surface area contributed by atoms with Crippen LogP contribution < -0.4 is 4.90 Å². The molecule has 0 unspecified atom stereocenters. The van der Waals surface area contributed by atoms with E-state index in [-0.39, 0.29) is 35.4 Å². The van der Waals surface area contributed by atoms with Gasteiger partial charge in [-0.3, -0.25) is 14.5 Å². The molecule has 168 valence electrons. The van der Waals surface area contributed by atoms with E-state index in [0.717, 1.165) is 55.8 Å². The molecular weight excluding hydrogens is 412 g/mol. The van der Waals surface area contributed by atoms with Gasteiger partial charge < -0.3 is 9.80 Å². The summed E-state index contributed by atoms with van der Waals surface area (Å²) < 4.78 is 27.6. The Hall–Kier alpha value is -2.80. The highest BCUT2D eigenvalue weighted by molar-refractivity contribution is 6.01. The third kappa shape index (κ3) is 3.90. The van der Waals surface area contributed by atoms with Crippen LogP contribution in [-0.2, 0) is 9.59 Å². The zero-order chi connectivity index (χ0) is 22.2. The molecule has 0 bridgehead atoms. The Bertz CT molecular complexity index is 1010. The van der Waals surface area contributed by atoms with Crippen molar-refractivity contribution in [3.05, 3.63) is 59.7 Å². The lowest BCUT2D eigenvalue weighted by Gasteiger charge is -2.39. The number of carbonyl (C=O) groups is 2. The second kappa shape index (κ2) is 8.62. The summed E-state index contributed by atoms with van der Waals surface area (Å²) in [7, 11) is 0. The van der Waals surface area contributed by atoms with E-state index in [9.17, 15) is 18.4 Å². The maximum Gasteiger partial charge on any atom is 0.229 e. The number of anilines is 2. The first-order valence-corrected chi connectivity index (χ1v) is 11.4. The quantitative estimate of drug-likeness (QED) is 0.500. The van der Waals surface area contributed by atoms with Crippen molar-refractivity contribution in [3.63, 3.8) is 0 Å². The van der Waals surface area contributed by atoms with Crippen molar-refractivity contribution >= 4 is 23.2 Å². The van der Waals surface area contributed by atoms with Gasteiger partial charge in [-0.1, -0.05) is 0 Å². The van der Waals surface area contributed by atoms with Crippen molar-refractivity contribution in [1.82, 2.24) is 9.80 Å². The second-order valence-electron chi connectivity index (χ2n) is 8.96. The van der Waals surface area contributed by atoms with Gasteiger partial charge in [-0.2, -0.15) is 0 Å². The molecule has 0 saturated carbocycles. The predicted octanol–water partition coefficient (Wildman–Crippen LogP) is 4.20. The van der Waals surface area contributed by atoms with Gasteiger partial charge in [-0.05, 0) is 73.8 Å². The number of hydrogen-bond acceptors (Lipinski definition) is 4. The second-order valence-corrected chi connectivity index (χ2v) is 8.96. The number of amides is 2. The van der Waals surface area contributed by atoms with Crippen molar-refractivity contribution in [3.8, 4) is 0 Å². The molecule has 2 amide bonds. The molecule has 0 N–H and O–H groups in total. The van der Waals surface area contributed by atoms with E-state index in [1.807, 2.05) is 6.07 Å². The lowest BCUT2D eigenvalue weighted by atomic mass is 9.89. The van der Waals surface area contributed by atoms with Crippen LogP contribution in [0, 0.1) is 11.6 Å². The number of piperidine rings is 1. The molecule has 5 rings (SSSR count). The molecule has 0 aliphatic carbocycles. The third-order valence-electron chi connectivity index (χ3n) is 7.01. The molecular formula is C25H27F2N3O2. The topological polar surface area (TPSA) is 43.9 Å². The van der Waals surface area contributed by atoms with E-state index in [0.29, 0.717) is 19.4 Å². The minimum Gasteiger partial charge on any atom is -0.337 e. The van der Waals surface area contributed by atoms with Gasteiger partial charge in [0.05, 0.1) is 0 Å². The fraction of sp³-hybridized carbons (Fsp3) is 0.440. The summed E-state index contributed by atoms with van der Waals surface area (Å²) in [5.74, 6) is -0.430. The van der Waals surface area contributed by atoms with Crippen molar-refractivity contribution in [2.75, 3.05) is 31.1 Å². The van der Waals surface area contributed by atoms with Gasteiger partial charge in [0.25, 0.3) is 0 Å². The Morgan fingerprint density at radius 1 is 0.875 bits per heavy atom. The molecule has 32 heavy (non-hydrogen) atoms. The van der Waals surface area contributed by atoms with Crippen LogP contribution in [0.2, 0.25) is 0 Å². The zero-order valence-electron chi connectivity index (χ0n) is 18.0. The van der Waals surface area contributed by atoms with Crippen LogP contribution in [0.25, 0.3) is 0 Å². The summed E-state index contributed by atoms with van der Waals surface area (Å²) in [6, 6.07) is 11.7. The highest BCUT2D eigenvalue weighted by Gasteiger charge is 2.42. The van der Waals surface area contributed by atoms with Crippen molar-refractivity contribution in [2.45, 2.75) is 44.1 Å². The van der Waals surface area contributed by atoms with Crippen LogP contribution in [0.4, 0.5) is 20.2 Å². The van der Waals surface area contributed by atoms with Gasteiger partial charge in [-0.25, -0.2) is 8.78 Å². The normalized spacial score (nSPS) is 23.1. The highest BCUT2D eigenvalue weighted by atomic mass is 19.1. The molecule has 0 aromatic heterocycles. The van der Waals surface area contributed by atoms with Crippen LogP contribution in [0.1, 0.15) is 43.6 Å². The van der Waals surface area contributed by atoms with Crippen LogP contribution in [-0.4, -0.2) is 53.8 Å². The molecule has 5 nitrogen and oxygen atoms in total. The SMILES string of the molecule is O=C1CCC(=O)N1CCCCN1CC[C@@H]2[C@@H](C1)c1cc(F)ccc1N2c1ccc(F)cc1. The Balaban J connectivity index is 1.26. The lowest BCUT2D eigenvalue weighted by Crippen LogP contribution is -2.45. The minimum atomic E-state index is -0.268. The summed E-state index contributed by atoms with van der Waals surface area (Å²) >= 11 is 0. The van der Waals surface area contributed by atoms with E-state index < -0.39 is 0 Å². The molecule has 3 heterocycles. The first-order chi connectivity index (χ1) is 15.5. The predicted molar refractivity (Wildman–Crippen MR) is 118 cm³/mol. The summed E-state index contributed by atoms with van der Waals surface area (Å²) in [6.45, 7) is 3.15. The fourth-order valence-electron chi connectivity index (χ4n) is 5.46. The number of nitrogens with zero attached hydrogens (tertiary/aromatic N) is 3. The summed E-state index contributed by atoms with van der Waals surface area (Å²) in [5.41, 5.74) is 2.94. The van der Waals surface area contributed by atoms with E-state index in [1.165, 1.54) is 23.1 Å². The van der Waals surface area contributed by atoms with Crippen LogP contribution >= 0.6 is 0 Å². The number of unbranched alkanes of at least 4 members (excludes halogenated alkanes) is 1. The molecule has 3 aliphatic rings. The Kier molecular flexibility index (Phi) is 5.67. The minimum absolute atomic E-state index is 0.0544. The van der Waals surface area contributed by atoms with Crippen LogP contribution in [0.15, 0.2) is 42.5 Å². The maximum absolute atomic E-state index is 14.1. The van der Waals surface area contributed by atoms with Crippen LogP contribution in [0.5, 0.6) is 0 Å². The van der Waals surface area contributed by atoms with E-state index in [2.05, 4.69) is 9.80 Å². The molecule has 0 spiro atoms. The van der Waals surface area contributed by atoms with Crippen molar-refractivity contribution in [1.29, 1.82) is 0 Å². The molecule has 3 aliphatic heterocycles. The molecule has 2 aromatic rings. The Morgan fingerprint density at radius 2 is 1.56 bits per heavy atom. The highest BCUT2D eigenvalue weighted by Crippen LogP contribution is 2.48. The fourth-order valence-corrected chi connectivity index (χ4v) is 5.46. The summed E-state index contributed by atoms with van der Waals surface area (Å²) in [5, 5.41) is 0. The number of benzene rings is 2. The smallest absolute Gasteiger partial charge is 0.229 e.